The van der Waals surface area contributed by atoms with Crippen LogP contribution in [0.2, 0.25) is 0 Å². The Morgan fingerprint density at radius 2 is 1.93 bits per heavy atom. The molecule has 0 radical (unpaired) electrons. The number of fused-ring (bicyclic) bond motifs is 2. The molecule has 5 rings (SSSR count). The van der Waals surface area contributed by atoms with Gasteiger partial charge in [0.1, 0.15) is 0 Å². The minimum absolute atomic E-state index is 0.122. The number of benzene rings is 3. The fourth-order valence-corrected chi connectivity index (χ4v) is 4.46. The van der Waals surface area contributed by atoms with Gasteiger partial charge in [-0.25, -0.2) is 0 Å². The lowest BCUT2D eigenvalue weighted by Gasteiger charge is -2.14. The maximum absolute atomic E-state index is 13.0. The predicted octanol–water partition coefficient (Wildman–Crippen LogP) is 4.81. The summed E-state index contributed by atoms with van der Waals surface area (Å²) in [6.07, 6.45) is 1.68. The molecule has 2 heterocycles. The van der Waals surface area contributed by atoms with Crippen molar-refractivity contribution in [3.8, 4) is 17.2 Å². The molecule has 1 saturated heterocycles. The van der Waals surface area contributed by atoms with Gasteiger partial charge in [0.2, 0.25) is 12.5 Å². The van der Waals surface area contributed by atoms with Crippen LogP contribution < -0.4 is 14.2 Å². The molecule has 30 heavy (non-hydrogen) atoms. The van der Waals surface area contributed by atoms with Gasteiger partial charge in [0, 0.05) is 0 Å². The number of nitrogens with zero attached hydrogens (tertiary/aromatic N) is 1. The summed E-state index contributed by atoms with van der Waals surface area (Å²) in [5.41, 5.74) is 1.63. The van der Waals surface area contributed by atoms with Crippen LogP contribution in [-0.2, 0) is 11.3 Å². The van der Waals surface area contributed by atoms with Crippen molar-refractivity contribution in [3.05, 3.63) is 70.6 Å². The van der Waals surface area contributed by atoms with E-state index >= 15 is 0 Å². The summed E-state index contributed by atoms with van der Waals surface area (Å²) < 4.78 is 16.2. The van der Waals surface area contributed by atoms with Gasteiger partial charge in [0.25, 0.3) is 11.1 Å². The van der Waals surface area contributed by atoms with Crippen molar-refractivity contribution in [1.29, 1.82) is 0 Å². The topological polar surface area (TPSA) is 65.1 Å². The molecule has 0 atom stereocenters. The lowest BCUT2D eigenvalue weighted by atomic mass is 10.0. The first-order valence-corrected chi connectivity index (χ1v) is 10.2. The molecule has 0 N–H and O–H groups in total. The van der Waals surface area contributed by atoms with Crippen LogP contribution in [0.1, 0.15) is 11.1 Å². The van der Waals surface area contributed by atoms with Crippen LogP contribution in [0.25, 0.3) is 16.8 Å². The third-order valence-electron chi connectivity index (χ3n) is 5.06. The highest BCUT2D eigenvalue weighted by Crippen LogP contribution is 2.43. The number of thioether (sulfide) groups is 1. The van der Waals surface area contributed by atoms with Gasteiger partial charge in [-0.2, -0.15) is 0 Å². The van der Waals surface area contributed by atoms with E-state index < -0.39 is 0 Å². The second-order valence-electron chi connectivity index (χ2n) is 6.86. The Labute approximate surface area is 177 Å². The van der Waals surface area contributed by atoms with Crippen LogP contribution in [0.3, 0.4) is 0 Å². The molecule has 0 saturated carbocycles. The number of carbonyl (C=O) groups is 2. The highest BCUT2D eigenvalue weighted by molar-refractivity contribution is 8.18. The zero-order valence-electron chi connectivity index (χ0n) is 16.1. The van der Waals surface area contributed by atoms with Crippen molar-refractivity contribution in [2.24, 2.45) is 0 Å². The van der Waals surface area contributed by atoms with Crippen LogP contribution >= 0.6 is 11.8 Å². The summed E-state index contributed by atoms with van der Waals surface area (Å²) >= 11 is 0.934. The van der Waals surface area contributed by atoms with Gasteiger partial charge >= 0.3 is 0 Å². The van der Waals surface area contributed by atoms with Crippen LogP contribution in [0.15, 0.2) is 59.5 Å². The highest BCUT2D eigenvalue weighted by atomic mass is 32.2. The Morgan fingerprint density at radius 1 is 1.10 bits per heavy atom. The molecule has 0 spiro atoms. The molecule has 2 aliphatic heterocycles. The van der Waals surface area contributed by atoms with E-state index in [0.717, 1.165) is 28.1 Å². The van der Waals surface area contributed by atoms with Crippen LogP contribution in [0.5, 0.6) is 17.2 Å². The summed E-state index contributed by atoms with van der Waals surface area (Å²) in [6.45, 7) is 0.352. The Bertz CT molecular complexity index is 1210. The maximum Gasteiger partial charge on any atom is 0.293 e. The molecule has 3 aromatic rings. The van der Waals surface area contributed by atoms with E-state index in [2.05, 4.69) is 0 Å². The summed E-state index contributed by atoms with van der Waals surface area (Å²) in [5, 5.41) is 1.82. The average molecular weight is 419 g/mol. The Morgan fingerprint density at radius 3 is 2.80 bits per heavy atom. The standard InChI is InChI=1S/C23H17NO5S/c1-27-18-9-14(10-19-21(18)29-13-28-19)11-20-22(25)24(23(26)30-20)12-16-7-4-6-15-5-2-3-8-17(15)16/h2-11H,12-13H2,1H3/b20-11+. The summed E-state index contributed by atoms with van der Waals surface area (Å²) in [4.78, 5) is 27.2. The van der Waals surface area contributed by atoms with Crippen LogP contribution in [0.4, 0.5) is 4.79 Å². The molecule has 3 aromatic carbocycles. The van der Waals surface area contributed by atoms with Gasteiger partial charge in [0.15, 0.2) is 11.5 Å². The van der Waals surface area contributed by atoms with Gasteiger partial charge < -0.3 is 14.2 Å². The van der Waals surface area contributed by atoms with E-state index in [1.165, 1.54) is 4.90 Å². The molecular formula is C23H17NO5S. The van der Waals surface area contributed by atoms with Crippen molar-refractivity contribution in [3.63, 3.8) is 0 Å². The molecule has 0 unspecified atom stereocenters. The molecule has 2 aliphatic rings. The minimum atomic E-state index is -0.311. The number of hydrogen-bond acceptors (Lipinski definition) is 6. The van der Waals surface area contributed by atoms with Crippen molar-refractivity contribution in [2.75, 3.05) is 13.9 Å². The SMILES string of the molecule is COc1cc(/C=C2/SC(=O)N(Cc3cccc4ccccc34)C2=O)cc2c1OCO2. The van der Waals surface area contributed by atoms with Gasteiger partial charge in [-0.3, -0.25) is 14.5 Å². The predicted molar refractivity (Wildman–Crippen MR) is 115 cm³/mol. The number of hydrogen-bond donors (Lipinski definition) is 0. The van der Waals surface area contributed by atoms with E-state index in [9.17, 15) is 9.59 Å². The van der Waals surface area contributed by atoms with Gasteiger partial charge in [0.05, 0.1) is 18.6 Å². The fourth-order valence-electron chi connectivity index (χ4n) is 3.62. The van der Waals surface area contributed by atoms with E-state index in [4.69, 9.17) is 14.2 Å². The smallest absolute Gasteiger partial charge is 0.293 e. The van der Waals surface area contributed by atoms with Crippen molar-refractivity contribution in [1.82, 2.24) is 4.90 Å². The molecule has 0 aromatic heterocycles. The molecule has 0 bridgehead atoms. The third-order valence-corrected chi connectivity index (χ3v) is 5.97. The van der Waals surface area contributed by atoms with Gasteiger partial charge in [-0.1, -0.05) is 42.5 Å². The average Bonchev–Trinajstić information content (AvgIpc) is 3.33. The molecule has 6 nitrogen and oxygen atoms in total. The van der Waals surface area contributed by atoms with Crippen molar-refractivity contribution < 1.29 is 23.8 Å². The van der Waals surface area contributed by atoms with Crippen molar-refractivity contribution >= 4 is 39.8 Å². The van der Waals surface area contributed by atoms with Gasteiger partial charge in [-0.05, 0) is 51.9 Å². The largest absolute Gasteiger partial charge is 0.493 e. The van der Waals surface area contributed by atoms with Gasteiger partial charge in [-0.15, -0.1) is 0 Å². The number of amides is 2. The number of imide groups is 1. The van der Waals surface area contributed by atoms with E-state index in [0.29, 0.717) is 27.7 Å². The Kier molecular flexibility index (Phi) is 4.59. The van der Waals surface area contributed by atoms with Crippen molar-refractivity contribution in [2.45, 2.75) is 6.54 Å². The summed E-state index contributed by atoms with van der Waals surface area (Å²) in [5.74, 6) is 1.30. The maximum atomic E-state index is 13.0. The molecule has 0 aliphatic carbocycles. The number of ether oxygens (including phenoxy) is 3. The lowest BCUT2D eigenvalue weighted by molar-refractivity contribution is -0.123. The normalized spacial score (nSPS) is 16.7. The quantitative estimate of drug-likeness (QED) is 0.566. The summed E-state index contributed by atoms with van der Waals surface area (Å²) in [6, 6.07) is 17.3. The molecule has 2 amide bonds. The molecule has 7 heteroatoms. The first-order chi connectivity index (χ1) is 14.6. The zero-order valence-corrected chi connectivity index (χ0v) is 16.9. The fraction of sp³-hybridized carbons (Fsp3) is 0.130. The molecular weight excluding hydrogens is 402 g/mol. The monoisotopic (exact) mass is 419 g/mol. The zero-order chi connectivity index (χ0) is 20.7. The third kappa shape index (κ3) is 3.17. The summed E-state index contributed by atoms with van der Waals surface area (Å²) in [7, 11) is 1.54. The van der Waals surface area contributed by atoms with E-state index in [1.54, 1.807) is 25.3 Å². The second kappa shape index (κ2) is 7.42. The lowest BCUT2D eigenvalue weighted by Crippen LogP contribution is -2.27. The minimum Gasteiger partial charge on any atom is -0.493 e. The number of rotatable bonds is 4. The Balaban J connectivity index is 1.45. The number of methoxy groups -OCH3 is 1. The van der Waals surface area contributed by atoms with E-state index in [1.807, 2.05) is 42.5 Å². The highest BCUT2D eigenvalue weighted by Gasteiger charge is 2.35. The first kappa shape index (κ1) is 18.6. The first-order valence-electron chi connectivity index (χ1n) is 9.33. The second-order valence-corrected chi connectivity index (χ2v) is 7.86. The van der Waals surface area contributed by atoms with Crippen LogP contribution in [0, 0.1) is 0 Å². The molecule has 1 fully saturated rings. The Hall–Kier alpha value is -3.45. The van der Waals surface area contributed by atoms with E-state index in [-0.39, 0.29) is 24.5 Å². The molecule has 150 valence electrons. The van der Waals surface area contributed by atoms with Crippen LogP contribution in [-0.4, -0.2) is 29.9 Å². The number of carbonyl (C=O) groups excluding carboxylic acids is 2.